The van der Waals surface area contributed by atoms with Crippen molar-refractivity contribution in [2.75, 3.05) is 18.9 Å². The maximum atomic E-state index is 13.4. The lowest BCUT2D eigenvalue weighted by atomic mass is 10.0. The highest BCUT2D eigenvalue weighted by Gasteiger charge is 2.45. The Morgan fingerprint density at radius 1 is 1.18 bits per heavy atom. The Kier molecular flexibility index (Phi) is 8.18. The van der Waals surface area contributed by atoms with Crippen LogP contribution in [0.25, 0.3) is 0 Å². The fourth-order valence-electron chi connectivity index (χ4n) is 3.62. The molecule has 3 unspecified atom stereocenters. The summed E-state index contributed by atoms with van der Waals surface area (Å²) in [6.07, 6.45) is -1.00. The van der Waals surface area contributed by atoms with E-state index >= 15 is 0 Å². The minimum Gasteiger partial charge on any atom is -0.444 e. The smallest absolute Gasteiger partial charge is 0.410 e. The van der Waals surface area contributed by atoms with Gasteiger partial charge in [-0.25, -0.2) is 4.79 Å². The van der Waals surface area contributed by atoms with Crippen LogP contribution in [0.5, 0.6) is 0 Å². The number of likely N-dealkylation sites (tertiary alicyclic amines) is 1. The van der Waals surface area contributed by atoms with Crippen LogP contribution in [0.2, 0.25) is 0 Å². The van der Waals surface area contributed by atoms with Crippen molar-refractivity contribution >= 4 is 35.3 Å². The van der Waals surface area contributed by atoms with Crippen molar-refractivity contribution in [3.8, 4) is 0 Å². The highest BCUT2D eigenvalue weighted by atomic mass is 16.6. The van der Waals surface area contributed by atoms with E-state index in [1.165, 1.54) is 18.9 Å². The summed E-state index contributed by atoms with van der Waals surface area (Å²) in [6.45, 7) is 6.27. The number of para-hydroxylation sites is 1. The number of likely N-dealkylation sites (N-methyl/N-ethyl adjacent to an activating group) is 1. The summed E-state index contributed by atoms with van der Waals surface area (Å²) in [7, 11) is 1.36. The number of carbonyl (C=O) groups excluding carboxylic acids is 5. The van der Waals surface area contributed by atoms with Crippen LogP contribution in [-0.4, -0.2) is 70.7 Å². The molecule has 3 atom stereocenters. The van der Waals surface area contributed by atoms with E-state index in [2.05, 4.69) is 5.32 Å². The monoisotopic (exact) mass is 460 g/mol. The Morgan fingerprint density at radius 3 is 2.30 bits per heavy atom. The number of hydrogen-bond donors (Lipinski definition) is 2. The van der Waals surface area contributed by atoms with Gasteiger partial charge >= 0.3 is 6.09 Å². The molecular formula is C23H32N4O6. The predicted octanol–water partition coefficient (Wildman–Crippen LogP) is 1.54. The molecule has 10 nitrogen and oxygen atoms in total. The average Bonchev–Trinajstić information content (AvgIpc) is 3.16. The second-order valence-corrected chi connectivity index (χ2v) is 9.21. The van der Waals surface area contributed by atoms with Crippen LogP contribution in [0.3, 0.4) is 0 Å². The zero-order valence-electron chi connectivity index (χ0n) is 19.7. The summed E-state index contributed by atoms with van der Waals surface area (Å²) in [5, 5.41) is 2.76. The SMILES string of the molecule is CC(=O)CC(C(=O)N1CC(C(=O)Nc2ccccc2)CC1C(N)=O)N(C)C(=O)OC(C)(C)C. The first-order valence-corrected chi connectivity index (χ1v) is 10.7. The number of hydrogen-bond acceptors (Lipinski definition) is 6. The fraction of sp³-hybridized carbons (Fsp3) is 0.522. The van der Waals surface area contributed by atoms with Crippen molar-refractivity contribution in [3.05, 3.63) is 30.3 Å². The number of ketones is 1. The molecule has 1 heterocycles. The van der Waals surface area contributed by atoms with Crippen molar-refractivity contribution in [3.63, 3.8) is 0 Å². The maximum Gasteiger partial charge on any atom is 0.410 e. The zero-order valence-corrected chi connectivity index (χ0v) is 19.7. The number of ether oxygens (including phenoxy) is 1. The van der Waals surface area contributed by atoms with Gasteiger partial charge in [0.05, 0.1) is 5.92 Å². The van der Waals surface area contributed by atoms with Gasteiger partial charge in [0, 0.05) is 25.7 Å². The molecular weight excluding hydrogens is 428 g/mol. The molecule has 33 heavy (non-hydrogen) atoms. The van der Waals surface area contributed by atoms with Crippen LogP contribution in [0, 0.1) is 5.92 Å². The van der Waals surface area contributed by atoms with E-state index in [0.29, 0.717) is 5.69 Å². The lowest BCUT2D eigenvalue weighted by molar-refractivity contribution is -0.142. The Labute approximate surface area is 193 Å². The molecule has 10 heteroatoms. The van der Waals surface area contributed by atoms with Gasteiger partial charge in [0.1, 0.15) is 23.5 Å². The predicted molar refractivity (Wildman–Crippen MR) is 121 cm³/mol. The van der Waals surface area contributed by atoms with Crippen LogP contribution in [0.15, 0.2) is 30.3 Å². The number of nitrogens with one attached hydrogen (secondary N) is 1. The molecule has 4 amide bonds. The first-order chi connectivity index (χ1) is 15.3. The van der Waals surface area contributed by atoms with Crippen LogP contribution in [0.1, 0.15) is 40.5 Å². The third-order valence-electron chi connectivity index (χ3n) is 5.24. The van der Waals surface area contributed by atoms with Crippen molar-refractivity contribution in [1.29, 1.82) is 0 Å². The normalized spacial score (nSPS) is 18.9. The Morgan fingerprint density at radius 2 is 1.79 bits per heavy atom. The number of benzene rings is 1. The Hall–Kier alpha value is -3.43. The molecule has 1 saturated heterocycles. The van der Waals surface area contributed by atoms with Crippen molar-refractivity contribution < 1.29 is 28.7 Å². The minimum atomic E-state index is -1.20. The summed E-state index contributed by atoms with van der Waals surface area (Å²) >= 11 is 0. The molecule has 2 rings (SSSR count). The first-order valence-electron chi connectivity index (χ1n) is 10.7. The Bertz CT molecular complexity index is 911. The number of anilines is 1. The number of Topliss-reactive ketones (excluding diaryl/α,β-unsaturated/α-hetero) is 1. The van der Waals surface area contributed by atoms with Gasteiger partial charge in [0.2, 0.25) is 17.7 Å². The molecule has 1 aliphatic heterocycles. The van der Waals surface area contributed by atoms with Gasteiger partial charge in [-0.15, -0.1) is 0 Å². The number of amides is 4. The van der Waals surface area contributed by atoms with Gasteiger partial charge in [-0.2, -0.15) is 0 Å². The number of carbonyl (C=O) groups is 5. The molecule has 3 N–H and O–H groups in total. The Balaban J connectivity index is 2.24. The van der Waals surface area contributed by atoms with Gasteiger partial charge in [0.15, 0.2) is 0 Å². The molecule has 0 radical (unpaired) electrons. The van der Waals surface area contributed by atoms with Crippen molar-refractivity contribution in [1.82, 2.24) is 9.80 Å². The molecule has 0 aromatic heterocycles. The third-order valence-corrected chi connectivity index (χ3v) is 5.24. The largest absolute Gasteiger partial charge is 0.444 e. The van der Waals surface area contributed by atoms with E-state index in [-0.39, 0.29) is 31.1 Å². The van der Waals surface area contributed by atoms with Crippen LogP contribution < -0.4 is 11.1 Å². The first kappa shape index (κ1) is 25.8. The zero-order chi connectivity index (χ0) is 24.9. The summed E-state index contributed by atoms with van der Waals surface area (Å²) in [5.74, 6) is -2.77. The number of primary amides is 1. The van der Waals surface area contributed by atoms with Crippen LogP contribution >= 0.6 is 0 Å². The molecule has 0 saturated carbocycles. The topological polar surface area (TPSA) is 139 Å². The fourth-order valence-corrected chi connectivity index (χ4v) is 3.62. The van der Waals surface area contributed by atoms with E-state index in [0.717, 1.165) is 4.90 Å². The molecule has 0 bridgehead atoms. The third kappa shape index (κ3) is 7.03. The molecule has 1 fully saturated rings. The summed E-state index contributed by atoms with van der Waals surface area (Å²) in [5.41, 5.74) is 5.30. The van der Waals surface area contributed by atoms with E-state index < -0.39 is 41.5 Å². The molecule has 1 aliphatic rings. The van der Waals surface area contributed by atoms with Crippen LogP contribution in [0.4, 0.5) is 10.5 Å². The average molecular weight is 461 g/mol. The maximum absolute atomic E-state index is 13.4. The van der Waals surface area contributed by atoms with Gasteiger partial charge in [-0.05, 0) is 46.2 Å². The van der Waals surface area contributed by atoms with Crippen molar-refractivity contribution in [2.24, 2.45) is 11.7 Å². The lowest BCUT2D eigenvalue weighted by Gasteiger charge is -2.33. The van der Waals surface area contributed by atoms with E-state index in [9.17, 15) is 24.0 Å². The summed E-state index contributed by atoms with van der Waals surface area (Å²) in [4.78, 5) is 64.9. The van der Waals surface area contributed by atoms with Gasteiger partial charge in [0.25, 0.3) is 0 Å². The molecule has 0 aliphatic carbocycles. The van der Waals surface area contributed by atoms with Gasteiger partial charge < -0.3 is 20.7 Å². The van der Waals surface area contributed by atoms with Gasteiger partial charge in [-0.1, -0.05) is 18.2 Å². The summed E-state index contributed by atoms with van der Waals surface area (Å²) in [6, 6.07) is 6.56. The van der Waals surface area contributed by atoms with Gasteiger partial charge in [-0.3, -0.25) is 24.1 Å². The molecule has 1 aromatic rings. The van der Waals surface area contributed by atoms with Crippen LogP contribution in [-0.2, 0) is 23.9 Å². The molecule has 0 spiro atoms. The number of rotatable bonds is 7. The number of nitrogens with two attached hydrogens (primary N) is 1. The molecule has 1 aromatic carbocycles. The second-order valence-electron chi connectivity index (χ2n) is 9.21. The highest BCUT2D eigenvalue weighted by molar-refractivity contribution is 5.97. The standard InChI is InChI=1S/C23H32N4O6/c1-14(28)11-18(26(5)22(32)33-23(2,3)4)21(31)27-13-15(12-17(27)19(24)29)20(30)25-16-9-7-6-8-10-16/h6-10,15,17-18H,11-13H2,1-5H3,(H2,24,29)(H,25,30). The van der Waals surface area contributed by atoms with E-state index in [1.54, 1.807) is 45.0 Å². The lowest BCUT2D eigenvalue weighted by Crippen LogP contribution is -2.54. The van der Waals surface area contributed by atoms with E-state index in [1.807, 2.05) is 6.07 Å². The second kappa shape index (κ2) is 10.5. The number of nitrogens with zero attached hydrogens (tertiary/aromatic N) is 2. The van der Waals surface area contributed by atoms with E-state index in [4.69, 9.17) is 10.5 Å². The summed E-state index contributed by atoms with van der Waals surface area (Å²) < 4.78 is 5.32. The molecule has 180 valence electrons. The highest BCUT2D eigenvalue weighted by Crippen LogP contribution is 2.27. The minimum absolute atomic E-state index is 0.0443. The quantitative estimate of drug-likeness (QED) is 0.633. The van der Waals surface area contributed by atoms with Crippen molar-refractivity contribution in [2.45, 2.75) is 58.2 Å².